The van der Waals surface area contributed by atoms with Gasteiger partial charge >= 0.3 is 5.97 Å². The summed E-state index contributed by atoms with van der Waals surface area (Å²) >= 11 is 6.19. The Hall–Kier alpha value is -2.64. The molecule has 8 heteroatoms. The second-order valence-electron chi connectivity index (χ2n) is 8.30. The van der Waals surface area contributed by atoms with E-state index in [1.54, 1.807) is 19.3 Å². The number of ether oxygens (including phenoxy) is 1. The fourth-order valence-corrected chi connectivity index (χ4v) is 4.49. The zero-order chi connectivity index (χ0) is 22.5. The molecule has 170 valence electrons. The average Bonchev–Trinajstić information content (AvgIpc) is 3.12. The van der Waals surface area contributed by atoms with Crippen LogP contribution in [0, 0.1) is 5.92 Å². The molecule has 32 heavy (non-hydrogen) atoms. The van der Waals surface area contributed by atoms with Gasteiger partial charge in [0.2, 0.25) is 5.95 Å². The number of hydrogen-bond donors (Lipinski definition) is 1. The molecule has 1 fully saturated rings. The first-order valence-electron chi connectivity index (χ1n) is 11.2. The number of esters is 1. The molecule has 0 spiro atoms. The van der Waals surface area contributed by atoms with Crippen LogP contribution in [0.2, 0.25) is 5.02 Å². The van der Waals surface area contributed by atoms with Crippen LogP contribution in [0.4, 0.5) is 5.95 Å². The van der Waals surface area contributed by atoms with Crippen molar-refractivity contribution >= 4 is 34.4 Å². The lowest BCUT2D eigenvalue weighted by Gasteiger charge is -2.32. The first-order chi connectivity index (χ1) is 15.5. The van der Waals surface area contributed by atoms with Gasteiger partial charge in [0.25, 0.3) is 0 Å². The summed E-state index contributed by atoms with van der Waals surface area (Å²) in [6.45, 7) is 5.94. The minimum absolute atomic E-state index is 0.346. The first kappa shape index (κ1) is 22.6. The SMILES string of the molecule is CCOC(=O)c1cnc(N2CCC(CNCCc3cn(C)c4ccc(Cl)cc34)CC2)nc1. The highest BCUT2D eigenvalue weighted by molar-refractivity contribution is 6.31. The lowest BCUT2D eigenvalue weighted by molar-refractivity contribution is 0.0525. The Balaban J connectivity index is 1.21. The van der Waals surface area contributed by atoms with Crippen molar-refractivity contribution in [1.29, 1.82) is 0 Å². The van der Waals surface area contributed by atoms with Gasteiger partial charge in [-0.25, -0.2) is 14.8 Å². The molecule has 3 heterocycles. The van der Waals surface area contributed by atoms with E-state index < -0.39 is 0 Å². The first-order valence-corrected chi connectivity index (χ1v) is 11.6. The van der Waals surface area contributed by atoms with Gasteiger partial charge in [-0.2, -0.15) is 0 Å². The van der Waals surface area contributed by atoms with Gasteiger partial charge in [0.05, 0.1) is 12.2 Å². The minimum atomic E-state index is -0.379. The van der Waals surface area contributed by atoms with Gasteiger partial charge < -0.3 is 19.5 Å². The molecule has 2 aromatic heterocycles. The maximum atomic E-state index is 11.7. The van der Waals surface area contributed by atoms with Crippen LogP contribution in [0.3, 0.4) is 0 Å². The van der Waals surface area contributed by atoms with Gasteiger partial charge in [-0.15, -0.1) is 0 Å². The summed E-state index contributed by atoms with van der Waals surface area (Å²) in [6, 6.07) is 6.08. The summed E-state index contributed by atoms with van der Waals surface area (Å²) in [5, 5.41) is 5.66. The van der Waals surface area contributed by atoms with Crippen LogP contribution in [0.25, 0.3) is 10.9 Å². The van der Waals surface area contributed by atoms with Crippen LogP contribution >= 0.6 is 11.6 Å². The molecule has 0 aliphatic carbocycles. The minimum Gasteiger partial charge on any atom is -0.462 e. The van der Waals surface area contributed by atoms with Gasteiger partial charge in [0.15, 0.2) is 0 Å². The Kier molecular flexibility index (Phi) is 7.27. The van der Waals surface area contributed by atoms with Crippen molar-refractivity contribution in [3.05, 3.63) is 52.9 Å². The molecule has 0 bridgehead atoms. The van der Waals surface area contributed by atoms with Gasteiger partial charge in [-0.3, -0.25) is 0 Å². The van der Waals surface area contributed by atoms with E-state index in [1.165, 1.54) is 16.5 Å². The Morgan fingerprint density at radius 1 is 1.25 bits per heavy atom. The molecule has 1 aliphatic heterocycles. The van der Waals surface area contributed by atoms with Crippen molar-refractivity contribution in [3.8, 4) is 0 Å². The van der Waals surface area contributed by atoms with Crippen LogP contribution < -0.4 is 10.2 Å². The molecule has 1 aromatic carbocycles. The summed E-state index contributed by atoms with van der Waals surface area (Å²) in [5.41, 5.74) is 2.94. The van der Waals surface area contributed by atoms with Crippen LogP contribution in [0.15, 0.2) is 36.8 Å². The van der Waals surface area contributed by atoms with Crippen molar-refractivity contribution in [3.63, 3.8) is 0 Å². The van der Waals surface area contributed by atoms with Crippen molar-refractivity contribution in [1.82, 2.24) is 19.9 Å². The van der Waals surface area contributed by atoms with Gasteiger partial charge in [-0.05, 0) is 69.0 Å². The average molecular weight is 456 g/mol. The van der Waals surface area contributed by atoms with E-state index >= 15 is 0 Å². The molecule has 0 unspecified atom stereocenters. The third kappa shape index (κ3) is 5.22. The number of fused-ring (bicyclic) bond motifs is 1. The predicted octanol–water partition coefficient (Wildman–Crippen LogP) is 3.85. The molecular weight excluding hydrogens is 426 g/mol. The van der Waals surface area contributed by atoms with Gasteiger partial charge in [0.1, 0.15) is 0 Å². The number of nitrogens with zero attached hydrogens (tertiary/aromatic N) is 4. The monoisotopic (exact) mass is 455 g/mol. The number of benzene rings is 1. The summed E-state index contributed by atoms with van der Waals surface area (Å²) in [5.74, 6) is 0.946. The maximum absolute atomic E-state index is 11.7. The Morgan fingerprint density at radius 2 is 2.00 bits per heavy atom. The van der Waals surface area contributed by atoms with Gasteiger partial charge in [0, 0.05) is 54.7 Å². The van der Waals surface area contributed by atoms with Crippen molar-refractivity contribution < 1.29 is 9.53 Å². The number of carbonyl (C=O) groups excluding carboxylic acids is 1. The lowest BCUT2D eigenvalue weighted by atomic mass is 9.97. The Bertz CT molecular complexity index is 1060. The molecule has 1 aliphatic rings. The van der Waals surface area contributed by atoms with Crippen LogP contribution in [-0.2, 0) is 18.2 Å². The van der Waals surface area contributed by atoms with E-state index in [1.807, 2.05) is 6.07 Å². The number of aryl methyl sites for hydroxylation is 1. The highest BCUT2D eigenvalue weighted by Crippen LogP contribution is 2.25. The fourth-order valence-electron chi connectivity index (χ4n) is 4.32. The summed E-state index contributed by atoms with van der Waals surface area (Å²) in [6.07, 6.45) is 8.48. The molecule has 0 saturated carbocycles. The lowest BCUT2D eigenvalue weighted by Crippen LogP contribution is -2.38. The van der Waals surface area contributed by atoms with Gasteiger partial charge in [-0.1, -0.05) is 11.6 Å². The fraction of sp³-hybridized carbons (Fsp3) is 0.458. The highest BCUT2D eigenvalue weighted by atomic mass is 35.5. The van der Waals surface area contributed by atoms with Crippen molar-refractivity contribution in [2.75, 3.05) is 37.7 Å². The van der Waals surface area contributed by atoms with E-state index in [0.29, 0.717) is 24.0 Å². The topological polar surface area (TPSA) is 72.3 Å². The summed E-state index contributed by atoms with van der Waals surface area (Å²) < 4.78 is 7.15. The van der Waals surface area contributed by atoms with Crippen LogP contribution in [-0.4, -0.2) is 53.3 Å². The Labute approximate surface area is 193 Å². The van der Waals surface area contributed by atoms with Crippen molar-refractivity contribution in [2.45, 2.75) is 26.2 Å². The second kappa shape index (κ2) is 10.3. The number of hydrogen-bond acceptors (Lipinski definition) is 6. The normalized spacial score (nSPS) is 14.8. The smallest absolute Gasteiger partial charge is 0.341 e. The van der Waals surface area contributed by atoms with E-state index in [2.05, 4.69) is 50.1 Å². The van der Waals surface area contributed by atoms with Crippen molar-refractivity contribution in [2.24, 2.45) is 13.0 Å². The van der Waals surface area contributed by atoms with Crippen LogP contribution in [0.5, 0.6) is 0 Å². The molecule has 3 aromatic rings. The zero-order valence-corrected chi connectivity index (χ0v) is 19.4. The molecule has 7 nitrogen and oxygen atoms in total. The number of halogens is 1. The number of piperidine rings is 1. The molecule has 4 rings (SSSR count). The van der Waals surface area contributed by atoms with E-state index in [4.69, 9.17) is 16.3 Å². The number of nitrogens with one attached hydrogen (secondary N) is 1. The number of rotatable bonds is 8. The largest absolute Gasteiger partial charge is 0.462 e. The number of aromatic nitrogens is 3. The third-order valence-corrected chi connectivity index (χ3v) is 6.32. The highest BCUT2D eigenvalue weighted by Gasteiger charge is 2.21. The molecule has 1 N–H and O–H groups in total. The standard InChI is InChI=1S/C24H30ClN5O2/c1-3-32-23(31)19-14-27-24(28-15-19)30-10-7-17(8-11-30)13-26-9-6-18-16-29(2)22-5-4-20(25)12-21(18)22/h4-5,12,14-17,26H,3,6-11,13H2,1-2H3. The maximum Gasteiger partial charge on any atom is 0.341 e. The number of carbonyl (C=O) groups is 1. The summed E-state index contributed by atoms with van der Waals surface area (Å²) in [7, 11) is 2.08. The quantitative estimate of drug-likeness (QED) is 0.411. The molecule has 1 saturated heterocycles. The Morgan fingerprint density at radius 3 is 2.72 bits per heavy atom. The third-order valence-electron chi connectivity index (χ3n) is 6.08. The second-order valence-corrected chi connectivity index (χ2v) is 8.74. The molecule has 0 amide bonds. The van der Waals surface area contributed by atoms with E-state index in [-0.39, 0.29) is 5.97 Å². The molecule has 0 atom stereocenters. The predicted molar refractivity (Wildman–Crippen MR) is 127 cm³/mol. The van der Waals surface area contributed by atoms with E-state index in [0.717, 1.165) is 50.5 Å². The van der Waals surface area contributed by atoms with Crippen LogP contribution in [0.1, 0.15) is 35.7 Å². The molecule has 0 radical (unpaired) electrons. The molecular formula is C24H30ClN5O2. The van der Waals surface area contributed by atoms with E-state index in [9.17, 15) is 4.79 Å². The zero-order valence-electron chi connectivity index (χ0n) is 18.7. The number of anilines is 1. The summed E-state index contributed by atoms with van der Waals surface area (Å²) in [4.78, 5) is 22.6.